The van der Waals surface area contributed by atoms with Crippen LogP contribution in [0.1, 0.15) is 32.6 Å². The molecule has 0 heterocycles. The molecular weight excluding hydrogens is 241 g/mol. The number of aliphatic hydroxyl groups excluding tert-OH is 1. The molecule has 50 valence electrons. The summed E-state index contributed by atoms with van der Waals surface area (Å²) in [7, 11) is 0. The van der Waals surface area contributed by atoms with Gasteiger partial charge in [-0.1, -0.05) is 0 Å². The van der Waals surface area contributed by atoms with E-state index in [4.69, 9.17) is 0 Å². The van der Waals surface area contributed by atoms with Gasteiger partial charge in [-0.2, -0.15) is 0 Å². The first-order chi connectivity index (χ1) is 4.21. The second-order valence-corrected chi connectivity index (χ2v) is 5.04. The van der Waals surface area contributed by atoms with Crippen LogP contribution >= 0.6 is 0 Å². The predicted molar refractivity (Wildman–Crippen MR) is 32.6 cm³/mol. The van der Waals surface area contributed by atoms with Crippen LogP contribution < -0.4 is 0 Å². The molecule has 1 saturated carbocycles. The Kier molecular flexibility index (Phi) is 2.95. The zero-order valence-corrected chi connectivity index (χ0v) is 9.63. The van der Waals surface area contributed by atoms with Crippen molar-refractivity contribution >= 4 is 0 Å². The molecule has 0 radical (unpaired) electrons. The Balaban J connectivity index is 2.46. The molecule has 1 fully saturated rings. The maximum absolute atomic E-state index is 9.40. The van der Waals surface area contributed by atoms with Crippen molar-refractivity contribution < 1.29 is 44.3 Å². The van der Waals surface area contributed by atoms with E-state index in [0.717, 1.165) is 39.2 Å². The van der Waals surface area contributed by atoms with Crippen LogP contribution in [0.3, 0.4) is 0 Å². The van der Waals surface area contributed by atoms with Gasteiger partial charge in [0.1, 0.15) is 0 Å². The standard InChI is InChI=1S/C7H13O.Pr/c1-2-7(6-8)4-3-5-7;/h6,8H,2-5H2,1H3;. The van der Waals surface area contributed by atoms with Crippen molar-refractivity contribution in [2.24, 2.45) is 5.41 Å². The molecule has 1 atom stereocenters. The molecule has 0 bridgehead atoms. The van der Waals surface area contributed by atoms with Crippen molar-refractivity contribution in [1.29, 1.82) is 0 Å². The van der Waals surface area contributed by atoms with Gasteiger partial charge in [0, 0.05) is 0 Å². The van der Waals surface area contributed by atoms with Crippen LogP contribution in [-0.4, -0.2) is 6.79 Å². The summed E-state index contributed by atoms with van der Waals surface area (Å²) in [6, 6.07) is 0. The van der Waals surface area contributed by atoms with E-state index in [-0.39, 0.29) is 1.69 Å². The molecule has 9 heavy (non-hydrogen) atoms. The molecule has 0 aliphatic heterocycles. The van der Waals surface area contributed by atoms with Crippen LogP contribution in [-0.2, 0) is 0 Å². The van der Waals surface area contributed by atoms with Crippen LogP contribution in [0.5, 0.6) is 0 Å². The first kappa shape index (κ1) is 8.42. The van der Waals surface area contributed by atoms with Crippen LogP contribution in [0.2, 0.25) is 0 Å². The van der Waals surface area contributed by atoms with Gasteiger partial charge in [-0.15, -0.1) is 0 Å². The number of hydrogen-bond acceptors (Lipinski definition) is 1. The van der Waals surface area contributed by atoms with Crippen LogP contribution in [0.4, 0.5) is 0 Å². The van der Waals surface area contributed by atoms with E-state index >= 15 is 0 Å². The van der Waals surface area contributed by atoms with Gasteiger partial charge < -0.3 is 0 Å². The summed E-state index contributed by atoms with van der Waals surface area (Å²) in [5.41, 5.74) is 0.394. The Morgan fingerprint density at radius 3 is 2.22 bits per heavy atom. The SMILES string of the molecule is CCC1([CH](O)[Pr])CCC1. The Hall–Kier alpha value is 1.32. The molecule has 0 spiro atoms. The Bertz CT molecular complexity index is 91.6. The fourth-order valence-electron chi connectivity index (χ4n) is 1.49. The van der Waals surface area contributed by atoms with E-state index in [9.17, 15) is 5.11 Å². The van der Waals surface area contributed by atoms with Crippen molar-refractivity contribution in [3.05, 3.63) is 0 Å². The van der Waals surface area contributed by atoms with Gasteiger partial charge in [0.15, 0.2) is 0 Å². The third kappa shape index (κ3) is 1.49. The van der Waals surface area contributed by atoms with Gasteiger partial charge in [0.05, 0.1) is 0 Å². The molecule has 1 unspecified atom stereocenters. The summed E-state index contributed by atoms with van der Waals surface area (Å²) < 4.78 is 0.0799. The van der Waals surface area contributed by atoms with Crippen molar-refractivity contribution in [2.45, 2.75) is 34.3 Å². The second kappa shape index (κ2) is 3.15. The van der Waals surface area contributed by atoms with Gasteiger partial charge >= 0.3 is 84.0 Å². The number of aliphatic hydroxyl groups is 1. The maximum atomic E-state index is 9.40. The Morgan fingerprint density at radius 2 is 2.22 bits per heavy atom. The van der Waals surface area contributed by atoms with Crippen molar-refractivity contribution in [1.82, 2.24) is 0 Å². The fraction of sp³-hybridized carbons (Fsp3) is 1.00. The minimum atomic E-state index is 0.0799. The van der Waals surface area contributed by atoms with Crippen LogP contribution in [0, 0.1) is 44.6 Å². The predicted octanol–water partition coefficient (Wildman–Crippen LogP) is 1.43. The zero-order chi connectivity index (χ0) is 6.91. The number of rotatable bonds is 2. The van der Waals surface area contributed by atoms with Gasteiger partial charge in [-0.05, 0) is 0 Å². The molecule has 0 saturated heterocycles. The summed E-state index contributed by atoms with van der Waals surface area (Å²) >= 11 is 0.759. The van der Waals surface area contributed by atoms with Crippen LogP contribution in [0.15, 0.2) is 0 Å². The van der Waals surface area contributed by atoms with Gasteiger partial charge in [-0.3, -0.25) is 0 Å². The van der Waals surface area contributed by atoms with E-state index in [0.29, 0.717) is 5.41 Å². The van der Waals surface area contributed by atoms with Gasteiger partial charge in [0.2, 0.25) is 0 Å². The summed E-state index contributed by atoms with van der Waals surface area (Å²) in [6.45, 7) is 2.20. The molecule has 1 aliphatic carbocycles. The first-order valence-corrected chi connectivity index (χ1v) is 5.79. The Morgan fingerprint density at radius 1 is 1.67 bits per heavy atom. The molecule has 1 rings (SSSR count). The van der Waals surface area contributed by atoms with E-state index in [2.05, 4.69) is 6.92 Å². The van der Waals surface area contributed by atoms with E-state index in [1.165, 1.54) is 25.7 Å². The second-order valence-electron chi connectivity index (χ2n) is 3.01. The molecule has 1 aliphatic rings. The molecule has 0 aromatic rings. The molecule has 1 N–H and O–H groups in total. The van der Waals surface area contributed by atoms with Gasteiger partial charge in [-0.25, -0.2) is 0 Å². The first-order valence-electron chi connectivity index (χ1n) is 3.65. The molecule has 1 nitrogen and oxygen atoms in total. The minimum absolute atomic E-state index is 0.0799. The Labute approximate surface area is 83.2 Å². The van der Waals surface area contributed by atoms with Gasteiger partial charge in [0.25, 0.3) is 0 Å². The van der Waals surface area contributed by atoms with E-state index < -0.39 is 0 Å². The van der Waals surface area contributed by atoms with Crippen molar-refractivity contribution in [3.8, 4) is 0 Å². The zero-order valence-electron chi connectivity index (χ0n) is 5.93. The number of hydrogen-bond donors (Lipinski definition) is 1. The van der Waals surface area contributed by atoms with Crippen molar-refractivity contribution in [3.63, 3.8) is 0 Å². The molecule has 0 aromatic heterocycles. The average Bonchev–Trinajstić information content (AvgIpc) is 1.62. The third-order valence-corrected chi connectivity index (χ3v) is 4.95. The van der Waals surface area contributed by atoms with E-state index in [1.807, 2.05) is 0 Å². The monoisotopic (exact) mass is 254 g/mol. The summed E-state index contributed by atoms with van der Waals surface area (Å²) in [6.07, 6.45) is 5.09. The quantitative estimate of drug-likeness (QED) is 0.790. The summed E-state index contributed by atoms with van der Waals surface area (Å²) in [4.78, 5) is 0. The van der Waals surface area contributed by atoms with Crippen LogP contribution in [0.25, 0.3) is 0 Å². The van der Waals surface area contributed by atoms with E-state index in [1.54, 1.807) is 0 Å². The molecule has 0 aromatic carbocycles. The molecule has 0 amide bonds. The normalized spacial score (nSPS) is 26.8. The topological polar surface area (TPSA) is 20.2 Å². The third-order valence-electron chi connectivity index (χ3n) is 2.68. The average molecular weight is 254 g/mol. The summed E-state index contributed by atoms with van der Waals surface area (Å²) in [5, 5.41) is 9.40. The molecule has 2 heteroatoms. The fourth-order valence-corrected chi connectivity index (χ4v) is 3.31. The molecular formula is C7H13OPr. The van der Waals surface area contributed by atoms with Crippen molar-refractivity contribution in [2.75, 3.05) is 0 Å². The summed E-state index contributed by atoms with van der Waals surface area (Å²) in [5.74, 6) is 0.